The fraction of sp³-hybridized carbons (Fsp3) is 0.375. The molecule has 0 fully saturated rings. The van der Waals surface area contributed by atoms with Crippen LogP contribution in [0.15, 0.2) is 29.2 Å². The zero-order valence-electron chi connectivity index (χ0n) is 13.9. The summed E-state index contributed by atoms with van der Waals surface area (Å²) in [6.45, 7) is 6.25. The second-order valence-corrected chi connectivity index (χ2v) is 8.63. The van der Waals surface area contributed by atoms with Gasteiger partial charge in [0.2, 0.25) is 10.0 Å². The molecule has 1 heterocycles. The molecule has 0 bridgehead atoms. The molecule has 1 amide bonds. The van der Waals surface area contributed by atoms with Gasteiger partial charge in [-0.15, -0.1) is 11.3 Å². The Labute approximate surface area is 146 Å². The van der Waals surface area contributed by atoms with Gasteiger partial charge in [-0.3, -0.25) is 4.79 Å². The van der Waals surface area contributed by atoms with Gasteiger partial charge in [-0.1, -0.05) is 17.7 Å². The van der Waals surface area contributed by atoms with Gasteiger partial charge in [-0.25, -0.2) is 18.1 Å². The number of rotatable bonds is 7. The Kier molecular flexibility index (Phi) is 6.09. The van der Waals surface area contributed by atoms with E-state index in [1.54, 1.807) is 24.3 Å². The third kappa shape index (κ3) is 4.86. The minimum atomic E-state index is -3.51. The first-order valence-corrected chi connectivity index (χ1v) is 9.88. The van der Waals surface area contributed by atoms with Crippen LogP contribution >= 0.6 is 11.3 Å². The molecule has 0 saturated carbocycles. The third-order valence-electron chi connectivity index (χ3n) is 3.38. The maximum atomic E-state index is 12.1. The monoisotopic (exact) mass is 367 g/mol. The van der Waals surface area contributed by atoms with E-state index < -0.39 is 10.0 Å². The molecule has 2 N–H and O–H groups in total. The van der Waals surface area contributed by atoms with Crippen LogP contribution in [0.2, 0.25) is 0 Å². The molecule has 0 aliphatic carbocycles. The van der Waals surface area contributed by atoms with E-state index in [0.29, 0.717) is 18.7 Å². The van der Waals surface area contributed by atoms with E-state index in [1.165, 1.54) is 11.3 Å². The van der Waals surface area contributed by atoms with Gasteiger partial charge < -0.3 is 5.32 Å². The number of hydrogen-bond donors (Lipinski definition) is 2. The minimum Gasteiger partial charge on any atom is -0.351 e. The molecular formula is C16H21N3O3S2. The Morgan fingerprint density at radius 2 is 1.79 bits per heavy atom. The number of aromatic nitrogens is 1. The molecule has 0 aliphatic rings. The summed E-state index contributed by atoms with van der Waals surface area (Å²) in [5.74, 6) is -0.224. The maximum Gasteiger partial charge on any atom is 0.271 e. The van der Waals surface area contributed by atoms with Crippen molar-refractivity contribution < 1.29 is 13.2 Å². The van der Waals surface area contributed by atoms with E-state index in [1.807, 2.05) is 20.8 Å². The molecule has 130 valence electrons. The maximum absolute atomic E-state index is 12.1. The van der Waals surface area contributed by atoms with E-state index >= 15 is 0 Å². The van der Waals surface area contributed by atoms with Crippen molar-refractivity contribution in [2.75, 3.05) is 13.1 Å². The lowest BCUT2D eigenvalue weighted by atomic mass is 10.2. The first-order chi connectivity index (χ1) is 11.3. The summed E-state index contributed by atoms with van der Waals surface area (Å²) in [4.78, 5) is 17.3. The summed E-state index contributed by atoms with van der Waals surface area (Å²) in [5.41, 5.74) is 1.45. The smallest absolute Gasteiger partial charge is 0.271 e. The number of benzene rings is 1. The van der Waals surface area contributed by atoms with E-state index in [4.69, 9.17) is 0 Å². The second kappa shape index (κ2) is 7.87. The lowest BCUT2D eigenvalue weighted by molar-refractivity contribution is 0.0948. The van der Waals surface area contributed by atoms with Crippen LogP contribution < -0.4 is 10.0 Å². The summed E-state index contributed by atoms with van der Waals surface area (Å²) in [6, 6.07) is 6.67. The topological polar surface area (TPSA) is 88.2 Å². The second-order valence-electron chi connectivity index (χ2n) is 5.46. The number of nitrogens with one attached hydrogen (secondary N) is 2. The molecule has 0 spiro atoms. The summed E-state index contributed by atoms with van der Waals surface area (Å²) in [5, 5.41) is 3.61. The molecule has 2 rings (SSSR count). The van der Waals surface area contributed by atoms with Crippen molar-refractivity contribution in [3.63, 3.8) is 0 Å². The Balaban J connectivity index is 1.77. The number of amides is 1. The zero-order valence-corrected chi connectivity index (χ0v) is 15.6. The first-order valence-electron chi connectivity index (χ1n) is 7.58. The Hall–Kier alpha value is -1.77. The van der Waals surface area contributed by atoms with Crippen molar-refractivity contribution in [2.24, 2.45) is 0 Å². The van der Waals surface area contributed by atoms with Gasteiger partial charge in [0.05, 0.1) is 9.90 Å². The molecule has 1 aromatic carbocycles. The average molecular weight is 367 g/mol. The highest BCUT2D eigenvalue weighted by Crippen LogP contribution is 2.16. The van der Waals surface area contributed by atoms with Gasteiger partial charge in [-0.05, 0) is 39.3 Å². The molecule has 0 saturated heterocycles. The Morgan fingerprint density at radius 1 is 1.12 bits per heavy atom. The fourth-order valence-electron chi connectivity index (χ4n) is 2.12. The normalized spacial score (nSPS) is 11.5. The fourth-order valence-corrected chi connectivity index (χ4v) is 4.01. The lowest BCUT2D eigenvalue weighted by Gasteiger charge is -2.08. The standard InChI is InChI=1S/C16H21N3O3S2/c1-11-5-7-14(8-6-11)24(21,22)18-10-4-9-17-16(20)15-12(2)23-13(3)19-15/h5-8,18H,4,9-10H2,1-3H3,(H,17,20). The van der Waals surface area contributed by atoms with Crippen molar-refractivity contribution in [3.05, 3.63) is 45.4 Å². The quantitative estimate of drug-likeness (QED) is 0.734. The molecular weight excluding hydrogens is 346 g/mol. The van der Waals surface area contributed by atoms with Gasteiger partial charge in [0.15, 0.2) is 0 Å². The number of nitrogens with zero attached hydrogens (tertiary/aromatic N) is 1. The predicted molar refractivity (Wildman–Crippen MR) is 94.9 cm³/mol. The molecule has 0 atom stereocenters. The molecule has 0 aliphatic heterocycles. The number of sulfonamides is 1. The van der Waals surface area contributed by atoms with Crippen molar-refractivity contribution in [3.8, 4) is 0 Å². The van der Waals surface area contributed by atoms with Crippen LogP contribution in [0.5, 0.6) is 0 Å². The number of carbonyl (C=O) groups excluding carboxylic acids is 1. The van der Waals surface area contributed by atoms with E-state index in [-0.39, 0.29) is 17.3 Å². The van der Waals surface area contributed by atoms with Gasteiger partial charge in [-0.2, -0.15) is 0 Å². The largest absolute Gasteiger partial charge is 0.351 e. The van der Waals surface area contributed by atoms with Crippen LogP contribution in [0.3, 0.4) is 0 Å². The lowest BCUT2D eigenvalue weighted by Crippen LogP contribution is -2.30. The minimum absolute atomic E-state index is 0.224. The van der Waals surface area contributed by atoms with Crippen LogP contribution in [-0.4, -0.2) is 32.4 Å². The van der Waals surface area contributed by atoms with Crippen molar-refractivity contribution in [1.82, 2.24) is 15.0 Å². The van der Waals surface area contributed by atoms with Gasteiger partial charge >= 0.3 is 0 Å². The van der Waals surface area contributed by atoms with E-state index in [9.17, 15) is 13.2 Å². The Bertz CT molecular complexity index is 812. The molecule has 6 nitrogen and oxygen atoms in total. The number of thiazole rings is 1. The summed E-state index contributed by atoms with van der Waals surface area (Å²) < 4.78 is 26.7. The van der Waals surface area contributed by atoms with Crippen LogP contribution in [-0.2, 0) is 10.0 Å². The molecule has 0 unspecified atom stereocenters. The van der Waals surface area contributed by atoms with Gasteiger partial charge in [0, 0.05) is 18.0 Å². The summed E-state index contributed by atoms with van der Waals surface area (Å²) >= 11 is 1.48. The van der Waals surface area contributed by atoms with Crippen molar-refractivity contribution in [1.29, 1.82) is 0 Å². The van der Waals surface area contributed by atoms with E-state index in [0.717, 1.165) is 15.4 Å². The molecule has 0 radical (unpaired) electrons. The van der Waals surface area contributed by atoms with Gasteiger partial charge in [0.1, 0.15) is 5.69 Å². The highest BCUT2D eigenvalue weighted by atomic mass is 32.2. The predicted octanol–water partition coefficient (Wildman–Crippen LogP) is 2.17. The summed E-state index contributed by atoms with van der Waals surface area (Å²) in [7, 11) is -3.51. The molecule has 8 heteroatoms. The van der Waals surface area contributed by atoms with Crippen LogP contribution in [0.1, 0.15) is 32.4 Å². The van der Waals surface area contributed by atoms with Gasteiger partial charge in [0.25, 0.3) is 5.91 Å². The zero-order chi connectivity index (χ0) is 17.7. The number of hydrogen-bond acceptors (Lipinski definition) is 5. The van der Waals surface area contributed by atoms with Crippen LogP contribution in [0.4, 0.5) is 0 Å². The third-order valence-corrected chi connectivity index (χ3v) is 5.74. The SMILES string of the molecule is Cc1ccc(S(=O)(=O)NCCCNC(=O)c2nc(C)sc2C)cc1. The van der Waals surface area contributed by atoms with E-state index in [2.05, 4.69) is 15.0 Å². The van der Waals surface area contributed by atoms with Crippen LogP contribution in [0, 0.1) is 20.8 Å². The van der Waals surface area contributed by atoms with Crippen LogP contribution in [0.25, 0.3) is 0 Å². The molecule has 24 heavy (non-hydrogen) atoms. The molecule has 2 aromatic rings. The molecule has 1 aromatic heterocycles. The number of aryl methyl sites for hydroxylation is 3. The van der Waals surface area contributed by atoms with Crippen molar-refractivity contribution in [2.45, 2.75) is 32.1 Å². The average Bonchev–Trinajstić information content (AvgIpc) is 2.86. The summed E-state index contributed by atoms with van der Waals surface area (Å²) in [6.07, 6.45) is 0.499. The highest BCUT2D eigenvalue weighted by Gasteiger charge is 2.14. The first kappa shape index (κ1) is 18.6. The highest BCUT2D eigenvalue weighted by molar-refractivity contribution is 7.89. The van der Waals surface area contributed by atoms with Crippen molar-refractivity contribution >= 4 is 27.3 Å². The number of carbonyl (C=O) groups is 1. The Morgan fingerprint density at radius 3 is 2.38 bits per heavy atom.